The number of hydrogen-bond acceptors (Lipinski definition) is 7. The Balaban J connectivity index is 1.77. The number of hydrogen-bond donors (Lipinski definition) is 1. The van der Waals surface area contributed by atoms with Gasteiger partial charge < -0.3 is 15.4 Å². The molecule has 0 spiro atoms. The summed E-state index contributed by atoms with van der Waals surface area (Å²) < 4.78 is 5.61. The van der Waals surface area contributed by atoms with Crippen LogP contribution in [-0.2, 0) is 9.48 Å². The number of thioether (sulfide) groups is 1. The minimum Gasteiger partial charge on any atom is -0.384 e. The number of anilines is 2. The maximum atomic E-state index is 5.71. The summed E-state index contributed by atoms with van der Waals surface area (Å²) in [4.78, 5) is 16.1. The molecular formula is C17H21N5OS. The minimum atomic E-state index is 0.153. The predicted octanol–water partition coefficient (Wildman–Crippen LogP) is 2.31. The number of ether oxygens (including phenoxy) is 1. The van der Waals surface area contributed by atoms with Crippen molar-refractivity contribution in [3.63, 3.8) is 0 Å². The van der Waals surface area contributed by atoms with Gasteiger partial charge in [0.05, 0.1) is 29.3 Å². The number of morpholine rings is 1. The first-order valence-corrected chi connectivity index (χ1v) is 9.42. The Morgan fingerprint density at radius 2 is 2.00 bits per heavy atom. The van der Waals surface area contributed by atoms with Gasteiger partial charge in [-0.2, -0.15) is 11.8 Å². The van der Waals surface area contributed by atoms with E-state index < -0.39 is 0 Å². The van der Waals surface area contributed by atoms with Crippen molar-refractivity contribution < 1.29 is 4.74 Å². The maximum absolute atomic E-state index is 5.71. The molecule has 1 aliphatic carbocycles. The van der Waals surface area contributed by atoms with E-state index >= 15 is 0 Å². The average molecular weight is 343 g/mol. The molecule has 1 aliphatic heterocycles. The summed E-state index contributed by atoms with van der Waals surface area (Å²) in [5, 5.41) is 0. The molecule has 1 saturated carbocycles. The first-order chi connectivity index (χ1) is 11.7. The molecule has 0 unspecified atom stereocenters. The topological polar surface area (TPSA) is 77.2 Å². The third-order valence-corrected chi connectivity index (χ3v) is 6.05. The molecule has 2 aliphatic rings. The molecule has 2 fully saturated rings. The quantitative estimate of drug-likeness (QED) is 0.913. The van der Waals surface area contributed by atoms with Gasteiger partial charge in [-0.25, -0.2) is 15.0 Å². The van der Waals surface area contributed by atoms with Gasteiger partial charge in [-0.15, -0.1) is 0 Å². The molecule has 2 N–H and O–H groups in total. The van der Waals surface area contributed by atoms with E-state index in [1.807, 2.05) is 23.9 Å². The zero-order chi connectivity index (χ0) is 16.6. The Hall–Kier alpha value is -1.86. The van der Waals surface area contributed by atoms with Crippen molar-refractivity contribution in [2.24, 2.45) is 0 Å². The Labute approximate surface area is 145 Å². The lowest BCUT2D eigenvalue weighted by Gasteiger charge is -2.28. The van der Waals surface area contributed by atoms with Crippen molar-refractivity contribution in [2.45, 2.75) is 17.6 Å². The highest BCUT2D eigenvalue weighted by Crippen LogP contribution is 2.55. The van der Waals surface area contributed by atoms with Crippen LogP contribution in [0.15, 0.2) is 24.4 Å². The lowest BCUT2D eigenvalue weighted by Crippen LogP contribution is -2.37. The SMILES string of the molecule is CSC1(c2cc(-c3ccc(N)nc3)nc(N3CCOCC3)n2)CC1. The van der Waals surface area contributed by atoms with Gasteiger partial charge in [0.1, 0.15) is 5.82 Å². The molecule has 2 aromatic heterocycles. The van der Waals surface area contributed by atoms with E-state index in [1.165, 1.54) is 12.8 Å². The number of pyridine rings is 1. The first-order valence-electron chi connectivity index (χ1n) is 8.19. The lowest BCUT2D eigenvalue weighted by molar-refractivity contribution is 0.122. The summed E-state index contributed by atoms with van der Waals surface area (Å²) in [7, 11) is 0. The molecule has 126 valence electrons. The lowest BCUT2D eigenvalue weighted by atomic mass is 10.1. The van der Waals surface area contributed by atoms with Gasteiger partial charge in [0.15, 0.2) is 0 Å². The van der Waals surface area contributed by atoms with E-state index in [0.29, 0.717) is 5.82 Å². The summed E-state index contributed by atoms with van der Waals surface area (Å²) in [5.41, 5.74) is 8.72. The van der Waals surface area contributed by atoms with Crippen LogP contribution in [0.2, 0.25) is 0 Å². The van der Waals surface area contributed by atoms with Gasteiger partial charge in [-0.1, -0.05) is 0 Å². The molecule has 2 aromatic rings. The van der Waals surface area contributed by atoms with Gasteiger partial charge >= 0.3 is 0 Å². The van der Waals surface area contributed by atoms with E-state index in [1.54, 1.807) is 6.20 Å². The largest absolute Gasteiger partial charge is 0.384 e. The van der Waals surface area contributed by atoms with E-state index in [2.05, 4.69) is 22.2 Å². The fourth-order valence-electron chi connectivity index (χ4n) is 2.96. The van der Waals surface area contributed by atoms with Crippen LogP contribution in [0.25, 0.3) is 11.3 Å². The number of aromatic nitrogens is 3. The van der Waals surface area contributed by atoms with Crippen molar-refractivity contribution in [1.29, 1.82) is 0 Å². The highest BCUT2D eigenvalue weighted by atomic mass is 32.2. The zero-order valence-electron chi connectivity index (χ0n) is 13.7. The first kappa shape index (κ1) is 15.7. The third kappa shape index (κ3) is 2.93. The number of rotatable bonds is 4. The number of nitrogen functional groups attached to an aromatic ring is 1. The highest BCUT2D eigenvalue weighted by molar-refractivity contribution is 7.99. The summed E-state index contributed by atoms with van der Waals surface area (Å²) in [6.07, 6.45) is 6.29. The van der Waals surface area contributed by atoms with Crippen LogP contribution in [0.3, 0.4) is 0 Å². The predicted molar refractivity (Wildman–Crippen MR) is 97.1 cm³/mol. The summed E-state index contributed by atoms with van der Waals surface area (Å²) >= 11 is 1.88. The molecule has 6 nitrogen and oxygen atoms in total. The minimum absolute atomic E-state index is 0.153. The van der Waals surface area contributed by atoms with Crippen LogP contribution in [0.1, 0.15) is 18.5 Å². The second kappa shape index (κ2) is 6.22. The summed E-state index contributed by atoms with van der Waals surface area (Å²) in [6, 6.07) is 5.89. The van der Waals surface area contributed by atoms with Crippen LogP contribution < -0.4 is 10.6 Å². The molecule has 1 saturated heterocycles. The molecule has 0 aromatic carbocycles. The molecular weight excluding hydrogens is 322 g/mol. The smallest absolute Gasteiger partial charge is 0.226 e. The standard InChI is InChI=1S/C17H21N5OS/c1-24-17(4-5-17)14-10-13(12-2-3-15(18)19-11-12)20-16(21-14)22-6-8-23-9-7-22/h2-3,10-11H,4-9H2,1H3,(H2,18,19). The second-order valence-corrected chi connectivity index (χ2v) is 7.40. The Bertz CT molecular complexity index is 726. The van der Waals surface area contributed by atoms with Crippen LogP contribution >= 0.6 is 11.8 Å². The van der Waals surface area contributed by atoms with Crippen LogP contribution in [0, 0.1) is 0 Å². The van der Waals surface area contributed by atoms with Crippen molar-refractivity contribution in [3.05, 3.63) is 30.1 Å². The summed E-state index contributed by atoms with van der Waals surface area (Å²) in [5.74, 6) is 1.31. The Morgan fingerprint density at radius 1 is 1.21 bits per heavy atom. The van der Waals surface area contributed by atoms with Gasteiger partial charge in [-0.05, 0) is 37.3 Å². The van der Waals surface area contributed by atoms with Crippen LogP contribution in [0.5, 0.6) is 0 Å². The fourth-order valence-corrected chi connectivity index (χ4v) is 3.78. The molecule has 4 rings (SSSR count). The van der Waals surface area contributed by atoms with Gasteiger partial charge in [0, 0.05) is 24.8 Å². The number of nitrogens with zero attached hydrogens (tertiary/aromatic N) is 4. The molecule has 7 heteroatoms. The van der Waals surface area contributed by atoms with E-state index in [9.17, 15) is 0 Å². The summed E-state index contributed by atoms with van der Waals surface area (Å²) in [6.45, 7) is 3.10. The van der Waals surface area contributed by atoms with Gasteiger partial charge in [-0.3, -0.25) is 0 Å². The van der Waals surface area contributed by atoms with Gasteiger partial charge in [0.25, 0.3) is 0 Å². The second-order valence-electron chi connectivity index (χ2n) is 6.21. The average Bonchev–Trinajstić information content (AvgIpc) is 3.44. The van der Waals surface area contributed by atoms with E-state index in [4.69, 9.17) is 20.4 Å². The molecule has 3 heterocycles. The molecule has 0 atom stereocenters. The molecule has 0 bridgehead atoms. The Morgan fingerprint density at radius 3 is 2.62 bits per heavy atom. The van der Waals surface area contributed by atoms with E-state index in [-0.39, 0.29) is 4.75 Å². The van der Waals surface area contributed by atoms with Crippen molar-refractivity contribution in [2.75, 3.05) is 43.2 Å². The molecule has 0 amide bonds. The Kier molecular flexibility index (Phi) is 4.05. The van der Waals surface area contributed by atoms with Gasteiger partial charge in [0.2, 0.25) is 5.95 Å². The van der Waals surface area contributed by atoms with Crippen molar-refractivity contribution in [1.82, 2.24) is 15.0 Å². The third-order valence-electron chi connectivity index (χ3n) is 4.65. The zero-order valence-corrected chi connectivity index (χ0v) is 14.6. The highest BCUT2D eigenvalue weighted by Gasteiger charge is 2.45. The monoisotopic (exact) mass is 343 g/mol. The fraction of sp³-hybridized carbons (Fsp3) is 0.471. The normalized spacial score (nSPS) is 19.3. The van der Waals surface area contributed by atoms with E-state index in [0.717, 1.165) is 49.2 Å². The van der Waals surface area contributed by atoms with Crippen LogP contribution in [0.4, 0.5) is 11.8 Å². The maximum Gasteiger partial charge on any atom is 0.226 e. The van der Waals surface area contributed by atoms with Crippen molar-refractivity contribution >= 4 is 23.5 Å². The number of nitrogens with two attached hydrogens (primary N) is 1. The molecule has 0 radical (unpaired) electrons. The molecule has 24 heavy (non-hydrogen) atoms. The van der Waals surface area contributed by atoms with Crippen molar-refractivity contribution in [3.8, 4) is 11.3 Å². The van der Waals surface area contributed by atoms with Crippen LogP contribution in [-0.4, -0.2) is 47.5 Å².